The third-order valence-electron chi connectivity index (χ3n) is 5.23. The van der Waals surface area contributed by atoms with E-state index in [0.717, 1.165) is 44.0 Å². The average Bonchev–Trinajstić information content (AvgIpc) is 3.23. The van der Waals surface area contributed by atoms with Gasteiger partial charge < -0.3 is 19.5 Å². The molecular weight excluding hydrogens is 356 g/mol. The van der Waals surface area contributed by atoms with Gasteiger partial charge in [0, 0.05) is 50.4 Å². The molecule has 0 bridgehead atoms. The molecule has 1 atom stereocenters. The highest BCUT2D eigenvalue weighted by molar-refractivity contribution is 5.93. The predicted molar refractivity (Wildman–Crippen MR) is 109 cm³/mol. The molecule has 1 saturated heterocycles. The number of carbonyl (C=O) groups excluding carboxylic acids is 1. The normalized spacial score (nSPS) is 16.7. The first-order chi connectivity index (χ1) is 13.6. The highest BCUT2D eigenvalue weighted by Gasteiger charge is 2.21. The summed E-state index contributed by atoms with van der Waals surface area (Å²) in [6.07, 6.45) is 0. The summed E-state index contributed by atoms with van der Waals surface area (Å²) in [7, 11) is 0. The van der Waals surface area contributed by atoms with E-state index in [2.05, 4.69) is 34.1 Å². The number of nitrogens with one attached hydrogen (secondary N) is 1. The number of carbonyl (C=O) groups is 1. The van der Waals surface area contributed by atoms with Crippen molar-refractivity contribution in [1.82, 2.24) is 20.3 Å². The van der Waals surface area contributed by atoms with Crippen LogP contribution in [0, 0.1) is 0 Å². The van der Waals surface area contributed by atoms with E-state index in [1.165, 1.54) is 0 Å². The maximum absolute atomic E-state index is 12.4. The molecule has 152 valence electrons. The number of piperazine rings is 1. The molecule has 1 amide bonds. The van der Waals surface area contributed by atoms with Gasteiger partial charge in [-0.1, -0.05) is 12.1 Å². The van der Waals surface area contributed by atoms with Gasteiger partial charge in [0.2, 0.25) is 0 Å². The molecule has 1 N–H and O–H groups in total. The highest BCUT2D eigenvalue weighted by atomic mass is 16.5. The predicted octanol–water partition coefficient (Wildman–Crippen LogP) is 2.50. The zero-order valence-electron chi connectivity index (χ0n) is 17.0. The van der Waals surface area contributed by atoms with E-state index < -0.39 is 0 Å². The number of aromatic nitrogens is 1. The molecule has 0 saturated carbocycles. The molecule has 28 heavy (non-hydrogen) atoms. The molecule has 1 fully saturated rings. The van der Waals surface area contributed by atoms with E-state index in [0.29, 0.717) is 30.6 Å². The van der Waals surface area contributed by atoms with Crippen LogP contribution in [0.25, 0.3) is 11.3 Å². The molecule has 7 heteroatoms. The molecule has 1 aromatic heterocycles. The monoisotopic (exact) mass is 386 g/mol. The first kappa shape index (κ1) is 20.4. The number of amides is 1. The van der Waals surface area contributed by atoms with E-state index in [-0.39, 0.29) is 5.91 Å². The Morgan fingerprint density at radius 2 is 1.93 bits per heavy atom. The van der Waals surface area contributed by atoms with Gasteiger partial charge in [0.1, 0.15) is 5.75 Å². The number of likely N-dealkylation sites (N-methyl/N-ethyl adjacent to an activating group) is 1. The summed E-state index contributed by atoms with van der Waals surface area (Å²) in [6, 6.07) is 9.51. The van der Waals surface area contributed by atoms with Gasteiger partial charge in [0.15, 0.2) is 11.5 Å². The van der Waals surface area contributed by atoms with Crippen LogP contribution in [0.2, 0.25) is 0 Å². The summed E-state index contributed by atoms with van der Waals surface area (Å²) in [4.78, 5) is 17.3. The lowest BCUT2D eigenvalue weighted by atomic mass is 10.1. The first-order valence-corrected chi connectivity index (χ1v) is 10.0. The number of rotatable bonds is 8. The van der Waals surface area contributed by atoms with Gasteiger partial charge in [0.25, 0.3) is 5.91 Å². The molecule has 2 heterocycles. The van der Waals surface area contributed by atoms with Crippen molar-refractivity contribution in [3.63, 3.8) is 0 Å². The molecule has 0 radical (unpaired) electrons. The molecule has 0 aliphatic carbocycles. The maximum Gasteiger partial charge on any atom is 0.273 e. The fourth-order valence-electron chi connectivity index (χ4n) is 3.38. The Morgan fingerprint density at radius 3 is 2.57 bits per heavy atom. The molecule has 1 aromatic carbocycles. The summed E-state index contributed by atoms with van der Waals surface area (Å²) in [6.45, 7) is 12.9. The van der Waals surface area contributed by atoms with Gasteiger partial charge in [-0.05, 0) is 44.7 Å². The topological polar surface area (TPSA) is 70.8 Å². The third kappa shape index (κ3) is 5.11. The largest absolute Gasteiger partial charge is 0.494 e. The Labute approximate surface area is 166 Å². The Hall–Kier alpha value is -2.38. The average molecular weight is 386 g/mol. The number of benzene rings is 1. The molecule has 3 rings (SSSR count). The SMILES string of the molecule is CCOc1ccc(-c2cc(C(=O)NC[C@H](C)N3CCN(CC)CC3)no2)cc1. The second-order valence-corrected chi connectivity index (χ2v) is 7.06. The van der Waals surface area contributed by atoms with Crippen molar-refractivity contribution in [2.24, 2.45) is 0 Å². The van der Waals surface area contributed by atoms with Crippen molar-refractivity contribution in [2.45, 2.75) is 26.8 Å². The van der Waals surface area contributed by atoms with Crippen LogP contribution in [0.3, 0.4) is 0 Å². The zero-order chi connectivity index (χ0) is 19.9. The summed E-state index contributed by atoms with van der Waals surface area (Å²) >= 11 is 0. The summed E-state index contributed by atoms with van der Waals surface area (Å²) in [5.74, 6) is 1.16. The van der Waals surface area contributed by atoms with Crippen molar-refractivity contribution in [3.8, 4) is 17.1 Å². The van der Waals surface area contributed by atoms with Crippen LogP contribution >= 0.6 is 0 Å². The zero-order valence-corrected chi connectivity index (χ0v) is 17.0. The maximum atomic E-state index is 12.4. The molecule has 0 unspecified atom stereocenters. The van der Waals surface area contributed by atoms with Crippen molar-refractivity contribution >= 4 is 5.91 Å². The Balaban J connectivity index is 1.51. The third-order valence-corrected chi connectivity index (χ3v) is 5.23. The van der Waals surface area contributed by atoms with Crippen LogP contribution in [0.5, 0.6) is 5.75 Å². The lowest BCUT2D eigenvalue weighted by molar-refractivity contribution is 0.0876. The molecule has 0 spiro atoms. The number of ether oxygens (including phenoxy) is 1. The molecule has 1 aliphatic heterocycles. The quantitative estimate of drug-likeness (QED) is 0.752. The lowest BCUT2D eigenvalue weighted by Gasteiger charge is -2.37. The van der Waals surface area contributed by atoms with Crippen LogP contribution < -0.4 is 10.1 Å². The minimum atomic E-state index is -0.208. The van der Waals surface area contributed by atoms with Gasteiger partial charge in [-0.2, -0.15) is 0 Å². The van der Waals surface area contributed by atoms with Crippen LogP contribution in [0.15, 0.2) is 34.9 Å². The number of hydrogen-bond donors (Lipinski definition) is 1. The van der Waals surface area contributed by atoms with E-state index in [1.54, 1.807) is 6.07 Å². The van der Waals surface area contributed by atoms with E-state index >= 15 is 0 Å². The van der Waals surface area contributed by atoms with Crippen LogP contribution in [-0.2, 0) is 0 Å². The number of hydrogen-bond acceptors (Lipinski definition) is 6. The second kappa shape index (κ2) is 9.71. The van der Waals surface area contributed by atoms with Crippen molar-refractivity contribution < 1.29 is 14.1 Å². The second-order valence-electron chi connectivity index (χ2n) is 7.06. The Kier molecular flexibility index (Phi) is 7.06. The fourth-order valence-corrected chi connectivity index (χ4v) is 3.38. The smallest absolute Gasteiger partial charge is 0.273 e. The molecule has 7 nitrogen and oxygen atoms in total. The van der Waals surface area contributed by atoms with E-state index in [4.69, 9.17) is 9.26 Å². The summed E-state index contributed by atoms with van der Waals surface area (Å²) in [5, 5.41) is 6.90. The molecule has 2 aromatic rings. The summed E-state index contributed by atoms with van der Waals surface area (Å²) < 4.78 is 10.8. The lowest BCUT2D eigenvalue weighted by Crippen LogP contribution is -2.52. The van der Waals surface area contributed by atoms with Gasteiger partial charge in [-0.15, -0.1) is 0 Å². The van der Waals surface area contributed by atoms with Crippen molar-refractivity contribution in [2.75, 3.05) is 45.9 Å². The Bertz CT molecular complexity index is 751. The molecular formula is C21H30N4O3. The highest BCUT2D eigenvalue weighted by Crippen LogP contribution is 2.23. The number of nitrogens with zero attached hydrogens (tertiary/aromatic N) is 3. The van der Waals surface area contributed by atoms with Crippen LogP contribution in [-0.4, -0.2) is 72.8 Å². The minimum Gasteiger partial charge on any atom is -0.494 e. The van der Waals surface area contributed by atoms with Crippen LogP contribution in [0.4, 0.5) is 0 Å². The molecule has 1 aliphatic rings. The van der Waals surface area contributed by atoms with Gasteiger partial charge in [-0.3, -0.25) is 9.69 Å². The van der Waals surface area contributed by atoms with Gasteiger partial charge in [0.05, 0.1) is 6.61 Å². The van der Waals surface area contributed by atoms with Crippen molar-refractivity contribution in [1.29, 1.82) is 0 Å². The standard InChI is InChI=1S/C21H30N4O3/c1-4-24-10-12-25(13-11-24)16(3)15-22-21(26)19-14-20(28-23-19)17-6-8-18(9-7-17)27-5-2/h6-9,14,16H,4-5,10-13,15H2,1-3H3,(H,22,26)/t16-/m0/s1. The van der Waals surface area contributed by atoms with Gasteiger partial charge in [-0.25, -0.2) is 0 Å². The Morgan fingerprint density at radius 1 is 1.21 bits per heavy atom. The van der Waals surface area contributed by atoms with Crippen LogP contribution in [0.1, 0.15) is 31.3 Å². The fraction of sp³-hybridized carbons (Fsp3) is 0.524. The first-order valence-electron chi connectivity index (χ1n) is 10.0. The van der Waals surface area contributed by atoms with E-state index in [9.17, 15) is 4.79 Å². The minimum absolute atomic E-state index is 0.208. The summed E-state index contributed by atoms with van der Waals surface area (Å²) in [5.41, 5.74) is 1.16. The van der Waals surface area contributed by atoms with E-state index in [1.807, 2.05) is 31.2 Å². The van der Waals surface area contributed by atoms with Crippen molar-refractivity contribution in [3.05, 3.63) is 36.0 Å². The van der Waals surface area contributed by atoms with Gasteiger partial charge >= 0.3 is 0 Å².